The van der Waals surface area contributed by atoms with Crippen LogP contribution in [0.1, 0.15) is 11.7 Å². The van der Waals surface area contributed by atoms with Crippen molar-refractivity contribution in [2.45, 2.75) is 36.6 Å². The molecule has 2 aliphatic heterocycles. The number of urea groups is 1. The highest BCUT2D eigenvalue weighted by molar-refractivity contribution is 5.72. The van der Waals surface area contributed by atoms with Crippen molar-refractivity contribution in [1.82, 2.24) is 15.3 Å². The van der Waals surface area contributed by atoms with Crippen molar-refractivity contribution in [2.24, 2.45) is 5.73 Å². The van der Waals surface area contributed by atoms with E-state index in [1.165, 1.54) is 13.3 Å². The fraction of sp³-hybridized carbons (Fsp3) is 0.615. The van der Waals surface area contributed by atoms with Crippen LogP contribution in [0.2, 0.25) is 0 Å². The Hall–Kier alpha value is -2.21. The quantitative estimate of drug-likeness (QED) is 0.398. The van der Waals surface area contributed by atoms with Crippen LogP contribution in [0.25, 0.3) is 0 Å². The Bertz CT molecular complexity index is 732. The zero-order chi connectivity index (χ0) is 17.4. The molecule has 0 radical (unpaired) electrons. The zero-order valence-electron chi connectivity index (χ0n) is 12.7. The van der Waals surface area contributed by atoms with Gasteiger partial charge in [-0.2, -0.15) is 0 Å². The number of fused-ring (bicyclic) bond motifs is 1. The number of nitrogens with two attached hydrogens (primary N) is 1. The number of carbonyl (C=O) groups is 1. The number of aliphatic hydroxyl groups excluding tert-OH is 1. The molecule has 11 nitrogen and oxygen atoms in total. The summed E-state index contributed by atoms with van der Waals surface area (Å²) < 4.78 is 16.6. The third-order valence-corrected chi connectivity index (χ3v) is 4.25. The van der Waals surface area contributed by atoms with Crippen LogP contribution in [0.5, 0.6) is 0 Å². The van der Waals surface area contributed by atoms with E-state index in [2.05, 4.69) is 15.3 Å². The summed E-state index contributed by atoms with van der Waals surface area (Å²) in [7, 11) is 1.44. The second-order valence-corrected chi connectivity index (χ2v) is 5.65. The van der Waals surface area contributed by atoms with Crippen LogP contribution in [0.15, 0.2) is 15.8 Å². The average molecular weight is 342 g/mol. The van der Waals surface area contributed by atoms with Gasteiger partial charge in [-0.1, -0.05) is 0 Å². The number of aliphatic hydroxyl groups is 1. The first-order valence-corrected chi connectivity index (χ1v) is 7.28. The summed E-state index contributed by atoms with van der Waals surface area (Å²) in [6, 6.07) is -1.43. The molecule has 24 heavy (non-hydrogen) atoms. The first-order chi connectivity index (χ1) is 11.4. The summed E-state index contributed by atoms with van der Waals surface area (Å²) >= 11 is 0. The minimum atomic E-state index is -1.17. The molecule has 0 aliphatic carbocycles. The Balaban J connectivity index is 1.91. The predicted octanol–water partition coefficient (Wildman–Crippen LogP) is -2.69. The molecule has 6 N–H and O–H groups in total. The number of hydrogen-bond acceptors (Lipinski definition) is 7. The Kier molecular flexibility index (Phi) is 4.41. The maximum Gasteiger partial charge on any atom is 0.325 e. The van der Waals surface area contributed by atoms with E-state index in [-0.39, 0.29) is 12.2 Å². The van der Waals surface area contributed by atoms with Gasteiger partial charge in [-0.25, -0.2) is 9.59 Å². The summed E-state index contributed by atoms with van der Waals surface area (Å²) in [6.07, 6.45) is -3.12. The molecular formula is C13H18N4O7. The number of aromatic nitrogens is 2. The topological polar surface area (TPSA) is 169 Å². The van der Waals surface area contributed by atoms with E-state index >= 15 is 0 Å². The number of carbonyl (C=O) groups excluding carboxylic acids is 1. The van der Waals surface area contributed by atoms with Crippen molar-refractivity contribution < 1.29 is 24.1 Å². The van der Waals surface area contributed by atoms with Crippen LogP contribution in [0.3, 0.4) is 0 Å². The third kappa shape index (κ3) is 2.82. The summed E-state index contributed by atoms with van der Waals surface area (Å²) in [5, 5.41) is 13.0. The molecule has 0 spiro atoms. The van der Waals surface area contributed by atoms with E-state index in [0.29, 0.717) is 0 Å². The van der Waals surface area contributed by atoms with E-state index in [4.69, 9.17) is 19.9 Å². The normalized spacial score (nSPS) is 35.4. The molecule has 2 amide bonds. The number of amides is 2. The number of primary amides is 1. The highest BCUT2D eigenvalue weighted by Crippen LogP contribution is 2.38. The van der Waals surface area contributed by atoms with Crippen LogP contribution in [0, 0.1) is 0 Å². The van der Waals surface area contributed by atoms with Crippen molar-refractivity contribution in [3.8, 4) is 0 Å². The summed E-state index contributed by atoms with van der Waals surface area (Å²) in [5.41, 5.74) is 3.89. The predicted molar refractivity (Wildman–Crippen MR) is 78.3 cm³/mol. The molecule has 11 heteroatoms. The van der Waals surface area contributed by atoms with E-state index in [0.717, 1.165) is 0 Å². The largest absolute Gasteiger partial charge is 0.387 e. The van der Waals surface area contributed by atoms with Gasteiger partial charge >= 0.3 is 11.7 Å². The van der Waals surface area contributed by atoms with Crippen LogP contribution >= 0.6 is 0 Å². The Morgan fingerprint density at radius 2 is 2.21 bits per heavy atom. The van der Waals surface area contributed by atoms with Gasteiger partial charge in [0.15, 0.2) is 0 Å². The maximum atomic E-state index is 11.9. The molecule has 0 saturated carbocycles. The molecule has 2 aliphatic rings. The lowest BCUT2D eigenvalue weighted by Gasteiger charge is -2.38. The second kappa shape index (κ2) is 6.36. The Labute approximate surface area is 135 Å². The molecule has 1 aromatic heterocycles. The molecule has 2 fully saturated rings. The van der Waals surface area contributed by atoms with Crippen molar-refractivity contribution >= 4 is 6.03 Å². The summed E-state index contributed by atoms with van der Waals surface area (Å²) in [6.45, 7) is 0.109. The van der Waals surface area contributed by atoms with E-state index in [1.807, 2.05) is 0 Å². The van der Waals surface area contributed by atoms with E-state index in [9.17, 15) is 19.5 Å². The standard InChI is InChI=1S/C13H18N4O7/c1-22-5-3-23-10-7(18)8(4-2-15-13(21)17-11(4)19)24-9(10)6(5)16-12(14)20/h2,5-10,18H,3H2,1H3,(H3,14,16,20)(H2,15,17,19,21). The Morgan fingerprint density at radius 1 is 1.46 bits per heavy atom. The number of nitrogens with one attached hydrogen (secondary N) is 3. The van der Waals surface area contributed by atoms with Crippen molar-refractivity contribution in [2.75, 3.05) is 13.7 Å². The first-order valence-electron chi connectivity index (χ1n) is 7.28. The average Bonchev–Trinajstić information content (AvgIpc) is 2.85. The van der Waals surface area contributed by atoms with Crippen molar-refractivity contribution in [1.29, 1.82) is 0 Å². The van der Waals surface area contributed by atoms with Crippen molar-refractivity contribution in [3.05, 3.63) is 32.6 Å². The van der Waals surface area contributed by atoms with Gasteiger partial charge in [-0.15, -0.1) is 0 Å². The fourth-order valence-corrected chi connectivity index (χ4v) is 3.14. The van der Waals surface area contributed by atoms with Gasteiger partial charge in [0.2, 0.25) is 0 Å². The Morgan fingerprint density at radius 3 is 2.83 bits per heavy atom. The van der Waals surface area contributed by atoms with Gasteiger partial charge in [0.25, 0.3) is 5.56 Å². The molecule has 6 unspecified atom stereocenters. The van der Waals surface area contributed by atoms with E-state index in [1.54, 1.807) is 0 Å². The molecule has 1 aromatic rings. The minimum Gasteiger partial charge on any atom is -0.387 e. The number of rotatable bonds is 3. The van der Waals surface area contributed by atoms with Gasteiger partial charge in [-0.05, 0) is 0 Å². The van der Waals surface area contributed by atoms with Crippen LogP contribution < -0.4 is 22.3 Å². The number of methoxy groups -OCH3 is 1. The van der Waals surface area contributed by atoms with Crippen molar-refractivity contribution in [3.63, 3.8) is 0 Å². The van der Waals surface area contributed by atoms with Gasteiger partial charge in [0.05, 0.1) is 18.2 Å². The van der Waals surface area contributed by atoms with Gasteiger partial charge < -0.3 is 35.4 Å². The van der Waals surface area contributed by atoms with E-state index < -0.39 is 53.8 Å². The number of aromatic amines is 2. The lowest BCUT2D eigenvalue weighted by molar-refractivity contribution is -0.143. The molecule has 2 saturated heterocycles. The smallest absolute Gasteiger partial charge is 0.325 e. The zero-order valence-corrected chi connectivity index (χ0v) is 12.7. The summed E-state index contributed by atoms with van der Waals surface area (Å²) in [4.78, 5) is 38.7. The lowest BCUT2D eigenvalue weighted by atomic mass is 9.94. The molecule has 0 aromatic carbocycles. The molecule has 3 heterocycles. The molecule has 132 valence electrons. The summed E-state index contributed by atoms with van der Waals surface area (Å²) in [5.74, 6) is 0. The first kappa shape index (κ1) is 16.6. The number of ether oxygens (including phenoxy) is 3. The molecule has 6 atom stereocenters. The number of hydrogen-bond donors (Lipinski definition) is 5. The van der Waals surface area contributed by atoms with Crippen LogP contribution in [-0.4, -0.2) is 65.3 Å². The molecule has 3 rings (SSSR count). The minimum absolute atomic E-state index is 0.0480. The third-order valence-electron chi connectivity index (χ3n) is 4.25. The molecular weight excluding hydrogens is 324 g/mol. The highest BCUT2D eigenvalue weighted by Gasteiger charge is 2.54. The van der Waals surface area contributed by atoms with Gasteiger partial charge in [-0.3, -0.25) is 9.78 Å². The highest BCUT2D eigenvalue weighted by atomic mass is 16.6. The maximum absolute atomic E-state index is 11.9. The van der Waals surface area contributed by atoms with Crippen LogP contribution in [0.4, 0.5) is 4.79 Å². The van der Waals surface area contributed by atoms with Crippen LogP contribution in [-0.2, 0) is 14.2 Å². The lowest BCUT2D eigenvalue weighted by Crippen LogP contribution is -2.62. The second-order valence-electron chi connectivity index (χ2n) is 5.65. The molecule has 0 bridgehead atoms. The van der Waals surface area contributed by atoms with Gasteiger partial charge in [0, 0.05) is 13.3 Å². The monoisotopic (exact) mass is 342 g/mol. The number of H-pyrrole nitrogens is 2. The fourth-order valence-electron chi connectivity index (χ4n) is 3.14. The van der Waals surface area contributed by atoms with Gasteiger partial charge in [0.1, 0.15) is 30.5 Å². The SMILES string of the molecule is COC1COC2C(O)C(c3c[nH]c(=O)[nH]c3=O)OC2C1NC(N)=O.